The van der Waals surface area contributed by atoms with Gasteiger partial charge in [-0.3, -0.25) is 19.1 Å². The van der Waals surface area contributed by atoms with Crippen LogP contribution in [0.25, 0.3) is 10.9 Å². The average Bonchev–Trinajstić information content (AvgIpc) is 3.06. The molecule has 2 amide bonds. The van der Waals surface area contributed by atoms with Crippen LogP contribution in [0.4, 0.5) is 0 Å². The van der Waals surface area contributed by atoms with Gasteiger partial charge in [-0.1, -0.05) is 38.1 Å². The van der Waals surface area contributed by atoms with Crippen LogP contribution in [0.3, 0.4) is 0 Å². The summed E-state index contributed by atoms with van der Waals surface area (Å²) in [5.74, 6) is -1.14. The van der Waals surface area contributed by atoms with E-state index in [0.717, 1.165) is 0 Å². The van der Waals surface area contributed by atoms with E-state index in [-0.39, 0.29) is 36.3 Å². The Hall–Kier alpha value is -3.07. The fraction of sp³-hybridized carbons (Fsp3) is 0.318. The smallest absolute Gasteiger partial charge is 0.269 e. The quantitative estimate of drug-likeness (QED) is 0.492. The summed E-state index contributed by atoms with van der Waals surface area (Å²) < 4.78 is 2.10. The average molecular weight is 486 g/mol. The number of ketones is 1. The van der Waals surface area contributed by atoms with Crippen LogP contribution in [-0.2, 0) is 22.6 Å². The Bertz CT molecular complexity index is 1140. The van der Waals surface area contributed by atoms with E-state index in [9.17, 15) is 14.4 Å². The Morgan fingerprint density at radius 1 is 1.13 bits per heavy atom. The van der Waals surface area contributed by atoms with Gasteiger partial charge in [0.15, 0.2) is 11.5 Å². The number of likely N-dealkylation sites (N-methyl/N-ethyl adjacent to an activating group) is 1. The molecule has 0 aliphatic carbocycles. The van der Waals surface area contributed by atoms with Gasteiger partial charge in [0, 0.05) is 18.1 Å². The third kappa shape index (κ3) is 4.99. The topological polar surface area (TPSA) is 111 Å². The van der Waals surface area contributed by atoms with E-state index in [2.05, 4.69) is 26.0 Å². The standard InChI is InChI=1S/C22H24BrN5O3/c1-13(2)21(17(29)11-14-7-6-10-18(23)25-14)27(3)19(30)12-28-16-9-5-4-8-15(16)20(26-28)22(24)31/h4-10,13,21H,11-12H2,1-3H3,(H2,24,31)/t21-/m0/s1. The van der Waals surface area contributed by atoms with Gasteiger partial charge in [0.1, 0.15) is 11.1 Å². The molecule has 3 aromatic rings. The Labute approximate surface area is 188 Å². The van der Waals surface area contributed by atoms with Crippen molar-refractivity contribution in [1.29, 1.82) is 0 Å². The third-order valence-electron chi connectivity index (χ3n) is 5.08. The molecule has 2 heterocycles. The van der Waals surface area contributed by atoms with Gasteiger partial charge in [-0.05, 0) is 40.0 Å². The molecular weight excluding hydrogens is 462 g/mol. The number of benzene rings is 1. The molecule has 162 valence electrons. The van der Waals surface area contributed by atoms with Gasteiger partial charge in [-0.25, -0.2) is 4.98 Å². The molecule has 0 aliphatic rings. The summed E-state index contributed by atoms with van der Waals surface area (Å²) in [7, 11) is 1.61. The van der Waals surface area contributed by atoms with Crippen molar-refractivity contribution < 1.29 is 14.4 Å². The molecule has 0 radical (unpaired) electrons. The highest BCUT2D eigenvalue weighted by atomic mass is 79.9. The van der Waals surface area contributed by atoms with Crippen molar-refractivity contribution in [3.05, 3.63) is 58.5 Å². The molecule has 0 aliphatic heterocycles. The van der Waals surface area contributed by atoms with Gasteiger partial charge in [0.25, 0.3) is 5.91 Å². The number of fused-ring (bicyclic) bond motifs is 1. The molecule has 1 aromatic carbocycles. The lowest BCUT2D eigenvalue weighted by Crippen LogP contribution is -2.47. The van der Waals surface area contributed by atoms with E-state index in [4.69, 9.17) is 5.73 Å². The molecule has 0 spiro atoms. The second kappa shape index (κ2) is 9.38. The third-order valence-corrected chi connectivity index (χ3v) is 5.52. The molecule has 2 N–H and O–H groups in total. The van der Waals surface area contributed by atoms with Gasteiger partial charge < -0.3 is 10.6 Å². The molecule has 0 saturated carbocycles. The zero-order valence-corrected chi connectivity index (χ0v) is 19.2. The Kier molecular flexibility index (Phi) is 6.84. The molecule has 8 nitrogen and oxygen atoms in total. The maximum Gasteiger partial charge on any atom is 0.269 e. The summed E-state index contributed by atoms with van der Waals surface area (Å²) in [6.45, 7) is 3.68. The van der Waals surface area contributed by atoms with E-state index < -0.39 is 11.9 Å². The van der Waals surface area contributed by atoms with Crippen LogP contribution in [0.1, 0.15) is 30.0 Å². The highest BCUT2D eigenvalue weighted by Crippen LogP contribution is 2.19. The number of rotatable bonds is 8. The SMILES string of the molecule is CC(C)[C@@H](C(=O)Cc1cccc(Br)n1)N(C)C(=O)Cn1nc(C(N)=O)c2ccccc21. The molecule has 0 saturated heterocycles. The van der Waals surface area contributed by atoms with Crippen LogP contribution < -0.4 is 5.73 Å². The maximum absolute atomic E-state index is 13.1. The van der Waals surface area contributed by atoms with Crippen LogP contribution in [0.15, 0.2) is 47.1 Å². The molecule has 0 unspecified atom stereocenters. The molecule has 0 fully saturated rings. The van der Waals surface area contributed by atoms with Gasteiger partial charge in [-0.15, -0.1) is 0 Å². The first-order chi connectivity index (χ1) is 14.7. The summed E-state index contributed by atoms with van der Waals surface area (Å²) in [6.07, 6.45) is 0.121. The Morgan fingerprint density at radius 3 is 2.48 bits per heavy atom. The monoisotopic (exact) mass is 485 g/mol. The highest BCUT2D eigenvalue weighted by molar-refractivity contribution is 9.10. The van der Waals surface area contributed by atoms with E-state index in [1.165, 1.54) is 9.58 Å². The number of carbonyl (C=O) groups is 3. The van der Waals surface area contributed by atoms with Gasteiger partial charge in [0.05, 0.1) is 18.0 Å². The fourth-order valence-corrected chi connectivity index (χ4v) is 4.07. The summed E-state index contributed by atoms with van der Waals surface area (Å²) in [6, 6.07) is 11.8. The number of halogens is 1. The van der Waals surface area contributed by atoms with Crippen molar-refractivity contribution >= 4 is 44.4 Å². The number of hydrogen-bond donors (Lipinski definition) is 1. The van der Waals surface area contributed by atoms with E-state index in [1.54, 1.807) is 43.4 Å². The predicted octanol–water partition coefficient (Wildman–Crippen LogP) is 2.59. The van der Waals surface area contributed by atoms with Crippen molar-refractivity contribution in [2.75, 3.05) is 7.05 Å². The number of nitrogens with two attached hydrogens (primary N) is 1. The number of primary amides is 1. The lowest BCUT2D eigenvalue weighted by Gasteiger charge is -2.30. The van der Waals surface area contributed by atoms with Crippen molar-refractivity contribution in [3.8, 4) is 0 Å². The second-order valence-corrected chi connectivity index (χ2v) is 8.49. The molecule has 31 heavy (non-hydrogen) atoms. The minimum atomic E-state index is -0.660. The minimum absolute atomic E-state index is 0.0934. The Balaban J connectivity index is 1.82. The maximum atomic E-state index is 13.1. The number of carbonyl (C=O) groups excluding carboxylic acids is 3. The Morgan fingerprint density at radius 2 is 1.84 bits per heavy atom. The molecule has 1 atom stereocenters. The van der Waals surface area contributed by atoms with Crippen LogP contribution >= 0.6 is 15.9 Å². The number of para-hydroxylation sites is 1. The van der Waals surface area contributed by atoms with Gasteiger partial charge in [0.2, 0.25) is 5.91 Å². The molecule has 2 aromatic heterocycles. The summed E-state index contributed by atoms with van der Waals surface area (Å²) in [5.41, 5.74) is 6.81. The predicted molar refractivity (Wildman–Crippen MR) is 120 cm³/mol. The van der Waals surface area contributed by atoms with Crippen LogP contribution in [0, 0.1) is 5.92 Å². The first-order valence-electron chi connectivity index (χ1n) is 9.84. The zero-order valence-electron chi connectivity index (χ0n) is 17.6. The zero-order chi connectivity index (χ0) is 22.7. The van der Waals surface area contributed by atoms with Gasteiger partial charge >= 0.3 is 0 Å². The van der Waals surface area contributed by atoms with Crippen LogP contribution in [0.2, 0.25) is 0 Å². The minimum Gasteiger partial charge on any atom is -0.364 e. The normalized spacial score (nSPS) is 12.2. The van der Waals surface area contributed by atoms with E-state index in [0.29, 0.717) is 21.2 Å². The van der Waals surface area contributed by atoms with Crippen LogP contribution in [0.5, 0.6) is 0 Å². The molecule has 9 heteroatoms. The summed E-state index contributed by atoms with van der Waals surface area (Å²) in [4.78, 5) is 43.6. The number of hydrogen-bond acceptors (Lipinski definition) is 5. The number of pyridine rings is 1. The van der Waals surface area contributed by atoms with Gasteiger partial charge in [-0.2, -0.15) is 5.10 Å². The number of amides is 2. The number of nitrogens with zero attached hydrogens (tertiary/aromatic N) is 4. The molecular formula is C22H24BrN5O3. The largest absolute Gasteiger partial charge is 0.364 e. The highest BCUT2D eigenvalue weighted by Gasteiger charge is 2.30. The lowest BCUT2D eigenvalue weighted by molar-refractivity contribution is -0.140. The van der Waals surface area contributed by atoms with E-state index >= 15 is 0 Å². The first-order valence-corrected chi connectivity index (χ1v) is 10.6. The number of Topliss-reactive ketones (excluding diaryl/α,β-unsaturated/α-hetero) is 1. The number of aromatic nitrogens is 3. The van der Waals surface area contributed by atoms with Crippen molar-refractivity contribution in [2.45, 2.75) is 32.9 Å². The van der Waals surface area contributed by atoms with Crippen molar-refractivity contribution in [2.24, 2.45) is 11.7 Å². The lowest BCUT2D eigenvalue weighted by atomic mass is 9.95. The van der Waals surface area contributed by atoms with Crippen molar-refractivity contribution in [3.63, 3.8) is 0 Å². The molecule has 0 bridgehead atoms. The van der Waals surface area contributed by atoms with Crippen LogP contribution in [-0.4, -0.2) is 50.4 Å². The summed E-state index contributed by atoms with van der Waals surface area (Å²) >= 11 is 3.31. The fourth-order valence-electron chi connectivity index (χ4n) is 3.69. The summed E-state index contributed by atoms with van der Waals surface area (Å²) in [5, 5.41) is 4.82. The second-order valence-electron chi connectivity index (χ2n) is 7.68. The van der Waals surface area contributed by atoms with E-state index in [1.807, 2.05) is 19.9 Å². The first kappa shape index (κ1) is 22.6. The molecule has 3 rings (SSSR count). The van der Waals surface area contributed by atoms with Crippen molar-refractivity contribution in [1.82, 2.24) is 19.7 Å².